The van der Waals surface area contributed by atoms with Crippen molar-refractivity contribution in [3.8, 4) is 22.3 Å². The van der Waals surface area contributed by atoms with E-state index in [0.717, 1.165) is 0 Å². The summed E-state index contributed by atoms with van der Waals surface area (Å²) < 4.78 is 5.44. The summed E-state index contributed by atoms with van der Waals surface area (Å²) in [6, 6.07) is 58.8. The van der Waals surface area contributed by atoms with Gasteiger partial charge in [0.15, 0.2) is 0 Å². The van der Waals surface area contributed by atoms with E-state index in [9.17, 15) is 0 Å². The summed E-state index contributed by atoms with van der Waals surface area (Å²) in [4.78, 5) is 0. The summed E-state index contributed by atoms with van der Waals surface area (Å²) in [7, 11) is 0. The molecular formula is C46H26S2. The maximum absolute atomic E-state index is 2.51. The predicted molar refractivity (Wildman–Crippen MR) is 213 cm³/mol. The molecule has 9 aromatic carbocycles. The number of fused-ring (bicyclic) bond motifs is 11. The van der Waals surface area contributed by atoms with Crippen LogP contribution in [0.15, 0.2) is 158 Å². The van der Waals surface area contributed by atoms with Gasteiger partial charge in [-0.15, -0.1) is 22.7 Å². The molecule has 0 N–H and O–H groups in total. The summed E-state index contributed by atoms with van der Waals surface area (Å²) in [5, 5.41) is 15.7. The highest BCUT2D eigenvalue weighted by Crippen LogP contribution is 2.52. The molecule has 11 aromatic rings. The average molecular weight is 643 g/mol. The molecule has 0 radical (unpaired) electrons. The van der Waals surface area contributed by atoms with Crippen molar-refractivity contribution in [2.45, 2.75) is 0 Å². The standard InChI is InChI=1S/C46H26S2/c1-2-12-28-23-31(22-21-27(28)11-1)42-33-16-5-7-18-35(33)43(36-19-8-6-17-34(36)42)39-26-37-32-15-9-10-20-40(32)47-45(37)44-38-24-29-13-3-4-14-30(29)25-41(38)48-46(39)44/h1-26H. The summed E-state index contributed by atoms with van der Waals surface area (Å²) >= 11 is 3.88. The van der Waals surface area contributed by atoms with Crippen molar-refractivity contribution in [2.24, 2.45) is 0 Å². The fourth-order valence-electron chi connectivity index (χ4n) is 8.06. The topological polar surface area (TPSA) is 0 Å². The Hall–Kier alpha value is -5.54. The molecule has 0 unspecified atom stereocenters. The second-order valence-electron chi connectivity index (χ2n) is 12.8. The van der Waals surface area contributed by atoms with Crippen molar-refractivity contribution in [2.75, 3.05) is 0 Å². The van der Waals surface area contributed by atoms with Gasteiger partial charge in [0.05, 0.1) is 0 Å². The third-order valence-corrected chi connectivity index (χ3v) is 12.6. The Morgan fingerprint density at radius 1 is 0.312 bits per heavy atom. The van der Waals surface area contributed by atoms with Crippen LogP contribution >= 0.6 is 22.7 Å². The van der Waals surface area contributed by atoms with Crippen LogP contribution in [0.5, 0.6) is 0 Å². The lowest BCUT2D eigenvalue weighted by Crippen LogP contribution is -1.91. The molecule has 0 bridgehead atoms. The molecule has 0 saturated heterocycles. The molecule has 2 heterocycles. The van der Waals surface area contributed by atoms with Crippen LogP contribution < -0.4 is 0 Å². The zero-order chi connectivity index (χ0) is 31.3. The maximum atomic E-state index is 2.51. The van der Waals surface area contributed by atoms with Crippen LogP contribution in [-0.2, 0) is 0 Å². The highest BCUT2D eigenvalue weighted by Gasteiger charge is 2.23. The van der Waals surface area contributed by atoms with Gasteiger partial charge >= 0.3 is 0 Å². The van der Waals surface area contributed by atoms with E-state index in [2.05, 4.69) is 158 Å². The Labute approximate surface area is 284 Å². The largest absolute Gasteiger partial charge is 0.134 e. The third kappa shape index (κ3) is 3.70. The van der Waals surface area contributed by atoms with E-state index in [1.54, 1.807) is 0 Å². The van der Waals surface area contributed by atoms with Gasteiger partial charge in [0.1, 0.15) is 0 Å². The molecule has 2 heteroatoms. The maximum Gasteiger partial charge on any atom is 0.0449 e. The molecule has 0 fully saturated rings. The average Bonchev–Trinajstić information content (AvgIpc) is 3.70. The van der Waals surface area contributed by atoms with Gasteiger partial charge in [0, 0.05) is 45.9 Å². The Bertz CT molecular complexity index is 3060. The first-order valence-electron chi connectivity index (χ1n) is 16.4. The summed E-state index contributed by atoms with van der Waals surface area (Å²) in [6.45, 7) is 0. The summed E-state index contributed by atoms with van der Waals surface area (Å²) in [5.41, 5.74) is 5.20. The van der Waals surface area contributed by atoms with Gasteiger partial charge in [0.25, 0.3) is 0 Å². The quantitative estimate of drug-likeness (QED) is 0.165. The van der Waals surface area contributed by atoms with Crippen LogP contribution in [0.1, 0.15) is 0 Å². The first kappa shape index (κ1) is 26.5. The van der Waals surface area contributed by atoms with Crippen molar-refractivity contribution in [1.29, 1.82) is 0 Å². The van der Waals surface area contributed by atoms with Crippen molar-refractivity contribution in [3.63, 3.8) is 0 Å². The van der Waals surface area contributed by atoms with E-state index < -0.39 is 0 Å². The smallest absolute Gasteiger partial charge is 0.0449 e. The first-order valence-corrected chi connectivity index (χ1v) is 18.1. The lowest BCUT2D eigenvalue weighted by atomic mass is 9.85. The summed E-state index contributed by atoms with van der Waals surface area (Å²) in [5.74, 6) is 0. The van der Waals surface area contributed by atoms with Crippen LogP contribution in [0.2, 0.25) is 0 Å². The van der Waals surface area contributed by atoms with E-state index >= 15 is 0 Å². The van der Waals surface area contributed by atoms with Crippen molar-refractivity contribution < 1.29 is 0 Å². The Balaban J connectivity index is 1.34. The minimum absolute atomic E-state index is 1.26. The lowest BCUT2D eigenvalue weighted by Gasteiger charge is -2.18. The lowest BCUT2D eigenvalue weighted by molar-refractivity contribution is 1.69. The monoisotopic (exact) mass is 642 g/mol. The van der Waals surface area contributed by atoms with Gasteiger partial charge in [-0.1, -0.05) is 127 Å². The summed E-state index contributed by atoms with van der Waals surface area (Å²) in [6.07, 6.45) is 0. The zero-order valence-electron chi connectivity index (χ0n) is 25.8. The minimum Gasteiger partial charge on any atom is -0.134 e. The van der Waals surface area contributed by atoms with E-state index in [4.69, 9.17) is 0 Å². The molecule has 0 amide bonds. The molecule has 11 rings (SSSR count). The second kappa shape index (κ2) is 9.98. The van der Waals surface area contributed by atoms with E-state index in [-0.39, 0.29) is 0 Å². The highest BCUT2D eigenvalue weighted by molar-refractivity contribution is 7.30. The molecule has 0 spiro atoms. The number of hydrogen-bond donors (Lipinski definition) is 0. The highest BCUT2D eigenvalue weighted by atomic mass is 32.1. The van der Waals surface area contributed by atoms with Crippen LogP contribution in [0.3, 0.4) is 0 Å². The number of thiophene rings is 2. The zero-order valence-corrected chi connectivity index (χ0v) is 27.5. The van der Waals surface area contributed by atoms with Gasteiger partial charge in [-0.25, -0.2) is 0 Å². The fraction of sp³-hybridized carbons (Fsp3) is 0. The van der Waals surface area contributed by atoms with Gasteiger partial charge in [-0.3, -0.25) is 0 Å². The molecule has 0 atom stereocenters. The molecule has 0 saturated carbocycles. The van der Waals surface area contributed by atoms with Crippen LogP contribution in [0.25, 0.3) is 106 Å². The van der Waals surface area contributed by atoms with Gasteiger partial charge in [0.2, 0.25) is 0 Å². The number of rotatable bonds is 2. The fourth-order valence-corrected chi connectivity index (χ4v) is 10.6. The first-order chi connectivity index (χ1) is 23.8. The predicted octanol–water partition coefficient (Wildman–Crippen LogP) is 14.4. The molecule has 222 valence electrons. The van der Waals surface area contributed by atoms with Gasteiger partial charge < -0.3 is 0 Å². The minimum atomic E-state index is 1.26. The molecule has 0 aliphatic heterocycles. The number of hydrogen-bond acceptors (Lipinski definition) is 2. The van der Waals surface area contributed by atoms with Gasteiger partial charge in [-0.2, -0.15) is 0 Å². The van der Waals surface area contributed by atoms with Crippen molar-refractivity contribution in [1.82, 2.24) is 0 Å². The van der Waals surface area contributed by atoms with Crippen LogP contribution in [0, 0.1) is 0 Å². The second-order valence-corrected chi connectivity index (χ2v) is 14.9. The molecular weight excluding hydrogens is 617 g/mol. The van der Waals surface area contributed by atoms with E-state index in [1.165, 1.54) is 106 Å². The van der Waals surface area contributed by atoms with E-state index in [1.807, 2.05) is 22.7 Å². The van der Waals surface area contributed by atoms with Crippen LogP contribution in [0.4, 0.5) is 0 Å². The van der Waals surface area contributed by atoms with Crippen molar-refractivity contribution >= 4 is 106 Å². The Morgan fingerprint density at radius 3 is 1.56 bits per heavy atom. The number of benzene rings is 9. The molecule has 0 aliphatic carbocycles. The van der Waals surface area contributed by atoms with E-state index in [0.29, 0.717) is 0 Å². The molecule has 0 nitrogen and oxygen atoms in total. The Kier molecular flexibility index (Phi) is 5.51. The van der Waals surface area contributed by atoms with Crippen LogP contribution in [-0.4, -0.2) is 0 Å². The van der Waals surface area contributed by atoms with Crippen molar-refractivity contribution in [3.05, 3.63) is 158 Å². The third-order valence-electron chi connectivity index (χ3n) is 10.2. The molecule has 48 heavy (non-hydrogen) atoms. The van der Waals surface area contributed by atoms with Gasteiger partial charge in [-0.05, 0) is 90.1 Å². The Morgan fingerprint density at radius 2 is 0.854 bits per heavy atom. The normalized spacial score (nSPS) is 12.2. The molecule has 2 aromatic heterocycles. The SMILES string of the molecule is c1ccc2cc(-c3c4ccccc4c(-c4cc5c6ccccc6sc5c5c4sc4cc6ccccc6cc45)c4ccccc34)ccc2c1. The molecule has 0 aliphatic rings.